The summed E-state index contributed by atoms with van der Waals surface area (Å²) in [7, 11) is 12.9. The number of methoxy groups -OCH3 is 2. The van der Waals surface area contributed by atoms with Gasteiger partial charge in [0.05, 0.1) is 58.9 Å². The molecule has 20 nitrogen and oxygen atoms in total. The molecule has 6 aliphatic heterocycles. The van der Waals surface area contributed by atoms with Crippen LogP contribution in [0.3, 0.4) is 0 Å². The predicted molar refractivity (Wildman–Crippen MR) is 248 cm³/mol. The van der Waals surface area contributed by atoms with Gasteiger partial charge in [-0.25, -0.2) is 9.59 Å². The second-order valence-corrected chi connectivity index (χ2v) is 22.9. The molecule has 2 amide bonds. The third kappa shape index (κ3) is 7.93. The lowest BCUT2D eigenvalue weighted by Crippen LogP contribution is -2.55. The number of carbonyl (C=O) groups is 6. The van der Waals surface area contributed by atoms with E-state index in [-0.39, 0.29) is 83.1 Å². The number of hydrogen-bond acceptors (Lipinski definition) is 22. The maximum Gasteiger partial charge on any atom is 0.404 e. The third-order valence-corrected chi connectivity index (χ3v) is 19.4. The van der Waals surface area contributed by atoms with Gasteiger partial charge in [0.25, 0.3) is 0 Å². The molecule has 362 valence electrons. The number of aliphatic hydroxyl groups excluding tert-OH is 2. The molecule has 8 rings (SSSR count). The van der Waals surface area contributed by atoms with Crippen molar-refractivity contribution < 1.29 is 57.9 Å². The molecule has 8 aliphatic rings. The summed E-state index contributed by atoms with van der Waals surface area (Å²) < 4.78 is 22.7. The van der Waals surface area contributed by atoms with E-state index in [0.29, 0.717) is 84.6 Å². The number of likely N-dealkylation sites (N-methyl/N-ethyl adjacent to an activating group) is 2. The fourth-order valence-corrected chi connectivity index (χ4v) is 15.6. The van der Waals surface area contributed by atoms with Crippen molar-refractivity contribution in [3.63, 3.8) is 0 Å². The molecule has 66 heavy (non-hydrogen) atoms. The lowest BCUT2D eigenvalue weighted by molar-refractivity contribution is -0.144. The first-order valence-corrected chi connectivity index (χ1v) is 26.8. The Bertz CT molecular complexity index is 2060. The summed E-state index contributed by atoms with van der Waals surface area (Å²) in [6.07, 6.45) is -2.54. The predicted octanol–water partition coefficient (Wildman–Crippen LogP) is -0.0778. The zero-order chi connectivity index (χ0) is 47.6. The molecule has 2 aliphatic carbocycles. The Balaban J connectivity index is 0.723. The maximum atomic E-state index is 14.1. The first kappa shape index (κ1) is 49.0. The van der Waals surface area contributed by atoms with Crippen LogP contribution in [0, 0.1) is 11.8 Å². The molecule has 4 saturated heterocycles. The number of piperazine rings is 2. The number of aliphatic hydroxyl groups is 2. The van der Waals surface area contributed by atoms with Crippen LogP contribution in [0.1, 0.15) is 26.7 Å². The SMILES string of the molecule is CO[C@@]12[C@H](COC(N)=O)C3=C(C(=O)C(C)=C(NCCCSSC[C@@H](O)[C@H](O)CSSCCCNC4=C(C)C(=O)C5=C(C4=O)[C@@H](COC(N)=O)[C@@]4(OC)[C@@H]6[C@H](CN54)N6C)C3=O)N1C[C@H]1[C@@H]2N1C. The lowest BCUT2D eigenvalue weighted by atomic mass is 9.82. The molecular weight excluding hydrogens is 937 g/mol. The molecule has 0 aromatic carbocycles. The number of ether oxygens (including phenoxy) is 4. The molecule has 24 heteroatoms. The van der Waals surface area contributed by atoms with Crippen molar-refractivity contribution >= 4 is 78.5 Å². The van der Waals surface area contributed by atoms with Gasteiger partial charge >= 0.3 is 12.2 Å². The van der Waals surface area contributed by atoms with E-state index in [1.807, 2.05) is 23.9 Å². The largest absolute Gasteiger partial charge is 0.449 e. The van der Waals surface area contributed by atoms with Crippen molar-refractivity contribution in [2.45, 2.75) is 74.5 Å². The fourth-order valence-electron chi connectivity index (χ4n) is 11.1. The van der Waals surface area contributed by atoms with Gasteiger partial charge in [-0.3, -0.25) is 29.0 Å². The summed E-state index contributed by atoms with van der Waals surface area (Å²) in [4.78, 5) is 87.1. The molecule has 0 aromatic heterocycles. The molecule has 4 fully saturated rings. The summed E-state index contributed by atoms with van der Waals surface area (Å²) in [6, 6.07) is 0.144. The molecule has 2 unspecified atom stereocenters. The van der Waals surface area contributed by atoms with Crippen LogP contribution in [-0.2, 0) is 38.1 Å². The number of allylic oxidation sites excluding steroid dienone is 4. The molecule has 0 aromatic rings. The minimum atomic E-state index is -1.03. The molecule has 0 spiro atoms. The van der Waals surface area contributed by atoms with Crippen LogP contribution < -0.4 is 22.1 Å². The Hall–Kier alpha value is -3.46. The van der Waals surface area contributed by atoms with Gasteiger partial charge in [0, 0.05) is 97.8 Å². The second-order valence-electron chi connectivity index (χ2n) is 17.6. The van der Waals surface area contributed by atoms with E-state index in [4.69, 9.17) is 30.4 Å². The number of rotatable bonds is 23. The van der Waals surface area contributed by atoms with Gasteiger partial charge < -0.3 is 61.1 Å². The van der Waals surface area contributed by atoms with Crippen LogP contribution in [0.2, 0.25) is 0 Å². The zero-order valence-corrected chi connectivity index (χ0v) is 40.9. The number of primary amides is 2. The first-order valence-electron chi connectivity index (χ1n) is 21.9. The fraction of sp³-hybridized carbons (Fsp3) is 0.667. The van der Waals surface area contributed by atoms with Crippen LogP contribution in [-0.4, -0.2) is 204 Å². The van der Waals surface area contributed by atoms with Crippen molar-refractivity contribution in [2.24, 2.45) is 23.3 Å². The number of nitrogens with zero attached hydrogens (tertiary/aromatic N) is 4. The molecule has 6 heterocycles. The number of hydrogen-bond donors (Lipinski definition) is 6. The zero-order valence-electron chi connectivity index (χ0n) is 37.7. The van der Waals surface area contributed by atoms with E-state index in [1.54, 1.807) is 28.1 Å². The highest BCUT2D eigenvalue weighted by Gasteiger charge is 2.76. The Kier molecular flexibility index (Phi) is 14.2. The number of ketones is 4. The van der Waals surface area contributed by atoms with Crippen LogP contribution in [0.4, 0.5) is 9.59 Å². The van der Waals surface area contributed by atoms with Gasteiger partial charge in [0.2, 0.25) is 23.1 Å². The van der Waals surface area contributed by atoms with Crippen LogP contribution in [0.5, 0.6) is 0 Å². The van der Waals surface area contributed by atoms with Gasteiger partial charge in [-0.05, 0) is 40.8 Å². The van der Waals surface area contributed by atoms with Crippen LogP contribution >= 0.6 is 43.2 Å². The van der Waals surface area contributed by atoms with Gasteiger partial charge in [-0.1, -0.05) is 43.2 Å². The molecular formula is C42H58N8O12S4. The molecule has 8 N–H and O–H groups in total. The summed E-state index contributed by atoms with van der Waals surface area (Å²) in [5, 5.41) is 27.6. The van der Waals surface area contributed by atoms with Crippen molar-refractivity contribution in [3.8, 4) is 0 Å². The normalized spacial score (nSPS) is 33.5. The average molecular weight is 995 g/mol. The molecule has 0 radical (unpaired) electrons. The van der Waals surface area contributed by atoms with E-state index < -0.39 is 47.7 Å². The van der Waals surface area contributed by atoms with E-state index in [2.05, 4.69) is 20.4 Å². The van der Waals surface area contributed by atoms with Crippen molar-refractivity contribution in [2.75, 3.05) is 90.7 Å². The number of nitrogens with one attached hydrogen (secondary N) is 2. The number of nitrogens with two attached hydrogens (primary N) is 2. The highest BCUT2D eigenvalue weighted by atomic mass is 33.1. The number of amides is 2. The third-order valence-electron chi connectivity index (χ3n) is 14.4. The topological polar surface area (TPSA) is 268 Å². The minimum Gasteiger partial charge on any atom is -0.449 e. The van der Waals surface area contributed by atoms with E-state index in [1.165, 1.54) is 43.2 Å². The monoisotopic (exact) mass is 994 g/mol. The number of fused-ring (bicyclic) bond motifs is 8. The Morgan fingerprint density at radius 2 is 1.06 bits per heavy atom. The molecule has 0 bridgehead atoms. The molecule has 12 atom stereocenters. The van der Waals surface area contributed by atoms with Crippen molar-refractivity contribution in [3.05, 3.63) is 45.1 Å². The summed E-state index contributed by atoms with van der Waals surface area (Å²) in [5.74, 6) is -0.617. The molecule has 0 saturated carbocycles. The van der Waals surface area contributed by atoms with Crippen molar-refractivity contribution in [1.29, 1.82) is 0 Å². The number of Topliss-reactive ketones (excluding diaryl/α,β-unsaturated/α-hetero) is 4. The minimum absolute atomic E-state index is 0.0792. The summed E-state index contributed by atoms with van der Waals surface area (Å²) in [6.45, 7) is 4.73. The van der Waals surface area contributed by atoms with Crippen molar-refractivity contribution in [1.82, 2.24) is 30.2 Å². The summed E-state index contributed by atoms with van der Waals surface area (Å²) >= 11 is 0. The van der Waals surface area contributed by atoms with E-state index in [9.17, 15) is 39.0 Å². The van der Waals surface area contributed by atoms with E-state index >= 15 is 0 Å². The quantitative estimate of drug-likeness (QED) is 0.0338. The smallest absolute Gasteiger partial charge is 0.404 e. The Labute approximate surface area is 398 Å². The summed E-state index contributed by atoms with van der Waals surface area (Å²) in [5.41, 5.74) is 10.8. The standard InChI is InChI=1S/C42H58N8O12S4/c1-19-29(35(55)27-21(15-61-39(43)57)41(59-5)37-23(47(37)3)13-49(41)31(27)33(19)53)45-9-7-11-63-65-17-25(51)26(52)18-66-64-12-8-10-46-30-20(2)34(54)32-28(36(30)56)22(16-62-40(44)58)42(60-6)38-24(48(38)4)14-50(32)42/h21-26,37-38,45-46,51-52H,7-18H2,1-6H3,(H2,43,57)(H2,44,58)/t21-,22-,23+,24+,25-,26-,37+,38+,41-,42-,47?,48?/m1/s1. The van der Waals surface area contributed by atoms with Gasteiger partial charge in [-0.15, -0.1) is 0 Å². The Morgan fingerprint density at radius 1 is 0.682 bits per heavy atom. The Morgan fingerprint density at radius 3 is 1.41 bits per heavy atom. The lowest BCUT2D eigenvalue weighted by Gasteiger charge is -2.40. The van der Waals surface area contributed by atoms with Crippen LogP contribution in [0.25, 0.3) is 0 Å². The maximum absolute atomic E-state index is 14.1. The highest BCUT2D eigenvalue weighted by Crippen LogP contribution is 2.60. The number of carbonyl (C=O) groups excluding carboxylic acids is 6. The average Bonchev–Trinajstić information content (AvgIpc) is 3.83. The van der Waals surface area contributed by atoms with Gasteiger partial charge in [0.1, 0.15) is 13.2 Å². The first-order chi connectivity index (χ1) is 31.5. The van der Waals surface area contributed by atoms with E-state index in [0.717, 1.165) is 0 Å². The van der Waals surface area contributed by atoms with Crippen LogP contribution in [0.15, 0.2) is 45.1 Å². The second kappa shape index (κ2) is 19.1. The van der Waals surface area contributed by atoms with Gasteiger partial charge in [-0.2, -0.15) is 0 Å². The highest BCUT2D eigenvalue weighted by molar-refractivity contribution is 8.77. The van der Waals surface area contributed by atoms with Gasteiger partial charge in [0.15, 0.2) is 11.4 Å².